The third-order valence-corrected chi connectivity index (χ3v) is 2.15. The predicted molar refractivity (Wildman–Crippen MR) is 47.5 cm³/mol. The Morgan fingerprint density at radius 3 is 1.73 bits per heavy atom. The summed E-state index contributed by atoms with van der Waals surface area (Å²) in [6.07, 6.45) is 0. The zero-order chi connectivity index (χ0) is 5.98. The van der Waals surface area contributed by atoms with Gasteiger partial charge in [-0.3, -0.25) is 14.1 Å². The van der Waals surface area contributed by atoms with E-state index >= 15 is 0 Å². The number of benzene rings is 1. The molecule has 0 fully saturated rings. The number of halogens is 4. The average molecular weight is 248 g/mol. The van der Waals surface area contributed by atoms with Gasteiger partial charge in [0.1, 0.15) is 0 Å². The third-order valence-electron chi connectivity index (χ3n) is 0.837. The van der Waals surface area contributed by atoms with Crippen molar-refractivity contribution in [3.05, 3.63) is 28.7 Å². The van der Waals surface area contributed by atoms with Gasteiger partial charge in [-0.2, -0.15) is 0 Å². The van der Waals surface area contributed by atoms with Crippen molar-refractivity contribution in [2.45, 2.75) is 4.90 Å². The number of hydrogen-bond acceptors (Lipinski definition) is 0. The Morgan fingerprint density at radius 2 is 1.45 bits per heavy atom. The average Bonchev–Trinajstić information content (AvgIpc) is 1.77. The Kier molecular flexibility index (Phi) is 12.1. The molecule has 0 unspecified atom stereocenters. The smallest absolute Gasteiger partial charge is 0.0519 e. The first kappa shape index (κ1) is 17.0. The molecule has 1 aromatic carbocycles. The molecule has 0 aliphatic heterocycles. The van der Waals surface area contributed by atoms with E-state index in [9.17, 15) is 0 Å². The first-order valence-electron chi connectivity index (χ1n) is 2.22. The summed E-state index contributed by atoms with van der Waals surface area (Å²) in [4.78, 5) is 0.868. The van der Waals surface area contributed by atoms with Crippen LogP contribution in [-0.4, -0.2) is 0 Å². The van der Waals surface area contributed by atoms with Crippen LogP contribution in [0.1, 0.15) is 0 Å². The van der Waals surface area contributed by atoms with Crippen molar-refractivity contribution < 1.29 is 14.1 Å². The SMILES string of the molecule is F.F.F.[S]c1ccccc1Br. The maximum Gasteiger partial charge on any atom is 0.0519 e. The number of rotatable bonds is 0. The molecule has 0 spiro atoms. The quantitative estimate of drug-likeness (QED) is 0.659. The standard InChI is InChI=1S/C6H4BrS.3FH/c7-5-3-1-2-4-6(5)8;;;/h1-4H;3*1H. The van der Waals surface area contributed by atoms with Gasteiger partial charge in [-0.25, -0.2) is 0 Å². The van der Waals surface area contributed by atoms with Gasteiger partial charge in [-0.1, -0.05) is 24.8 Å². The lowest BCUT2D eigenvalue weighted by molar-refractivity contribution is 1.11. The van der Waals surface area contributed by atoms with Crippen molar-refractivity contribution in [1.82, 2.24) is 0 Å². The molecule has 0 aromatic heterocycles. The van der Waals surface area contributed by atoms with Crippen LogP contribution in [0.2, 0.25) is 0 Å². The molecule has 0 nitrogen and oxygen atoms in total. The van der Waals surface area contributed by atoms with Crippen molar-refractivity contribution >= 4 is 28.6 Å². The van der Waals surface area contributed by atoms with Crippen LogP contribution in [0, 0.1) is 0 Å². The normalized spacial score (nSPS) is 6.64. The second kappa shape index (κ2) is 7.81. The van der Waals surface area contributed by atoms with Gasteiger partial charge in [0.05, 0.1) is 4.90 Å². The minimum atomic E-state index is 0. The molecule has 1 rings (SSSR count). The summed E-state index contributed by atoms with van der Waals surface area (Å²) in [5, 5.41) is 0. The topological polar surface area (TPSA) is 0 Å². The molecule has 0 aliphatic carbocycles. The van der Waals surface area contributed by atoms with Gasteiger partial charge in [0.25, 0.3) is 0 Å². The van der Waals surface area contributed by atoms with Crippen molar-refractivity contribution in [3.8, 4) is 0 Å². The zero-order valence-corrected chi connectivity index (χ0v) is 7.72. The molecule has 0 bridgehead atoms. The van der Waals surface area contributed by atoms with Crippen molar-refractivity contribution in [1.29, 1.82) is 0 Å². The molecule has 5 heteroatoms. The summed E-state index contributed by atoms with van der Waals surface area (Å²) in [7, 11) is 0. The molecule has 0 amide bonds. The van der Waals surface area contributed by atoms with E-state index in [1.165, 1.54) is 0 Å². The van der Waals surface area contributed by atoms with Gasteiger partial charge < -0.3 is 0 Å². The Labute approximate surface area is 76.6 Å². The van der Waals surface area contributed by atoms with Crippen LogP contribution in [0.15, 0.2) is 33.6 Å². The molecule has 0 heterocycles. The first-order chi connectivity index (χ1) is 3.80. The molecule has 1 aromatic rings. The van der Waals surface area contributed by atoms with E-state index in [2.05, 4.69) is 15.9 Å². The second-order valence-electron chi connectivity index (χ2n) is 1.43. The van der Waals surface area contributed by atoms with Crippen LogP contribution in [0.3, 0.4) is 0 Å². The molecule has 1 radical (unpaired) electrons. The van der Waals surface area contributed by atoms with Gasteiger partial charge >= 0.3 is 0 Å². The Morgan fingerprint density at radius 1 is 1.00 bits per heavy atom. The Balaban J connectivity index is -0.000000213. The van der Waals surface area contributed by atoms with Gasteiger partial charge in [-0.05, 0) is 28.1 Å². The second-order valence-corrected chi connectivity index (χ2v) is 2.72. The lowest BCUT2D eigenvalue weighted by Gasteiger charge is -1.89. The fourth-order valence-electron chi connectivity index (χ4n) is 0.445. The van der Waals surface area contributed by atoms with E-state index in [0.717, 1.165) is 9.37 Å². The van der Waals surface area contributed by atoms with Gasteiger partial charge in [-0.15, -0.1) is 0 Å². The zero-order valence-electron chi connectivity index (χ0n) is 5.32. The highest BCUT2D eigenvalue weighted by molar-refractivity contribution is 9.10. The lowest BCUT2D eigenvalue weighted by Crippen LogP contribution is -1.64. The van der Waals surface area contributed by atoms with Crippen molar-refractivity contribution in [2.24, 2.45) is 0 Å². The highest BCUT2D eigenvalue weighted by Gasteiger charge is 1.88. The maximum atomic E-state index is 4.91. The molecule has 0 saturated heterocycles. The molecule has 65 valence electrons. The lowest BCUT2D eigenvalue weighted by atomic mass is 10.4. The summed E-state index contributed by atoms with van der Waals surface area (Å²) in [5.74, 6) is 0. The van der Waals surface area contributed by atoms with Crippen molar-refractivity contribution in [2.75, 3.05) is 0 Å². The molecule has 11 heavy (non-hydrogen) atoms. The van der Waals surface area contributed by atoms with E-state index in [1.807, 2.05) is 24.3 Å². The Bertz CT molecular complexity index is 174. The van der Waals surface area contributed by atoms with E-state index in [-0.39, 0.29) is 14.1 Å². The number of hydrogen-bond donors (Lipinski definition) is 0. The molecule has 0 aliphatic rings. The largest absolute Gasteiger partial charge is 0.269 e. The van der Waals surface area contributed by atoms with E-state index in [1.54, 1.807) is 0 Å². The summed E-state index contributed by atoms with van der Waals surface area (Å²) >= 11 is 8.20. The fraction of sp³-hybridized carbons (Fsp3) is 0. The molecular formula is C6H7BrF3S. The van der Waals surface area contributed by atoms with Gasteiger partial charge in [0, 0.05) is 4.47 Å². The van der Waals surface area contributed by atoms with Gasteiger partial charge in [0.15, 0.2) is 0 Å². The Hall–Kier alpha value is -0.290. The summed E-state index contributed by atoms with van der Waals surface area (Å²) in [5.41, 5.74) is 0. The van der Waals surface area contributed by atoms with Crippen LogP contribution in [0.5, 0.6) is 0 Å². The highest BCUT2D eigenvalue weighted by atomic mass is 79.9. The maximum absolute atomic E-state index is 4.91. The van der Waals surface area contributed by atoms with Crippen LogP contribution in [0.25, 0.3) is 0 Å². The summed E-state index contributed by atoms with van der Waals surface area (Å²) in [6.45, 7) is 0. The summed E-state index contributed by atoms with van der Waals surface area (Å²) in [6, 6.07) is 7.69. The first-order valence-corrected chi connectivity index (χ1v) is 3.42. The third kappa shape index (κ3) is 5.03. The minimum absolute atomic E-state index is 0. The molecule has 0 atom stereocenters. The van der Waals surface area contributed by atoms with Crippen LogP contribution < -0.4 is 0 Å². The van der Waals surface area contributed by atoms with Crippen molar-refractivity contribution in [3.63, 3.8) is 0 Å². The molecule has 0 saturated carbocycles. The van der Waals surface area contributed by atoms with Crippen LogP contribution in [-0.2, 0) is 0 Å². The molecular weight excluding hydrogens is 241 g/mol. The van der Waals surface area contributed by atoms with E-state index < -0.39 is 0 Å². The van der Waals surface area contributed by atoms with Crippen LogP contribution >= 0.6 is 28.6 Å². The predicted octanol–water partition coefficient (Wildman–Crippen LogP) is 3.46. The summed E-state index contributed by atoms with van der Waals surface area (Å²) < 4.78 is 0.995. The minimum Gasteiger partial charge on any atom is -0.269 e. The highest BCUT2D eigenvalue weighted by Crippen LogP contribution is 2.18. The van der Waals surface area contributed by atoms with Crippen LogP contribution in [0.4, 0.5) is 14.1 Å². The monoisotopic (exact) mass is 247 g/mol. The van der Waals surface area contributed by atoms with E-state index in [0.29, 0.717) is 0 Å². The van der Waals surface area contributed by atoms with E-state index in [4.69, 9.17) is 12.6 Å². The van der Waals surface area contributed by atoms with Gasteiger partial charge in [0.2, 0.25) is 0 Å². The fourth-order valence-corrected chi connectivity index (χ4v) is 0.876. The molecule has 0 N–H and O–H groups in total.